The third-order valence-corrected chi connectivity index (χ3v) is 4.74. The maximum absolute atomic E-state index is 12.9. The van der Waals surface area contributed by atoms with Gasteiger partial charge in [0.2, 0.25) is 11.7 Å². The van der Waals surface area contributed by atoms with Crippen molar-refractivity contribution in [1.82, 2.24) is 29.5 Å². The van der Waals surface area contributed by atoms with Crippen LogP contribution in [0.1, 0.15) is 12.8 Å². The molecule has 0 atom stereocenters. The second-order valence-corrected chi connectivity index (χ2v) is 6.79. The predicted molar refractivity (Wildman–Crippen MR) is 113 cm³/mol. The van der Waals surface area contributed by atoms with Crippen LogP contribution in [0.15, 0.2) is 76.3 Å². The van der Waals surface area contributed by atoms with Crippen molar-refractivity contribution in [3.05, 3.63) is 83.2 Å². The van der Waals surface area contributed by atoms with E-state index in [1.165, 1.54) is 15.5 Å². The molecule has 31 heavy (non-hydrogen) atoms. The summed E-state index contributed by atoms with van der Waals surface area (Å²) in [6.07, 6.45) is 1.49. The molecule has 0 N–H and O–H groups in total. The summed E-state index contributed by atoms with van der Waals surface area (Å²) in [7, 11) is 0. The lowest BCUT2D eigenvalue weighted by atomic mass is 10.1. The van der Waals surface area contributed by atoms with E-state index in [0.29, 0.717) is 29.5 Å². The van der Waals surface area contributed by atoms with Crippen LogP contribution in [0.4, 0.5) is 0 Å². The second kappa shape index (κ2) is 7.86. The molecule has 5 rings (SSSR count). The number of nitrogens with zero attached hydrogens (tertiary/aromatic N) is 6. The Morgan fingerprint density at radius 1 is 1.03 bits per heavy atom. The molecule has 0 amide bonds. The first-order valence-corrected chi connectivity index (χ1v) is 9.78. The van der Waals surface area contributed by atoms with Gasteiger partial charge in [-0.2, -0.15) is 15.2 Å². The molecule has 0 aliphatic carbocycles. The highest BCUT2D eigenvalue weighted by molar-refractivity contribution is 5.65. The van der Waals surface area contributed by atoms with E-state index in [-0.39, 0.29) is 12.1 Å². The van der Waals surface area contributed by atoms with Crippen molar-refractivity contribution in [2.24, 2.45) is 0 Å². The van der Waals surface area contributed by atoms with Gasteiger partial charge in [0.05, 0.1) is 12.3 Å². The van der Waals surface area contributed by atoms with Gasteiger partial charge in [0, 0.05) is 11.1 Å². The van der Waals surface area contributed by atoms with Crippen LogP contribution in [-0.2, 0) is 6.54 Å². The highest BCUT2D eigenvalue weighted by Gasteiger charge is 2.14. The molecule has 3 aromatic heterocycles. The van der Waals surface area contributed by atoms with E-state index in [4.69, 9.17) is 9.26 Å². The van der Waals surface area contributed by atoms with Crippen LogP contribution in [0.2, 0.25) is 0 Å². The summed E-state index contributed by atoms with van der Waals surface area (Å²) < 4.78 is 13.5. The molecule has 0 aliphatic rings. The maximum atomic E-state index is 12.9. The van der Waals surface area contributed by atoms with E-state index < -0.39 is 0 Å². The van der Waals surface area contributed by atoms with Crippen LogP contribution in [0.5, 0.6) is 5.75 Å². The van der Waals surface area contributed by atoms with E-state index in [0.717, 1.165) is 16.9 Å². The van der Waals surface area contributed by atoms with Crippen molar-refractivity contribution >= 4 is 5.52 Å². The molecular weight excluding hydrogens is 396 g/mol. The lowest BCUT2D eigenvalue weighted by molar-refractivity contribution is 0.340. The minimum Gasteiger partial charge on any atom is -0.494 e. The molecule has 9 nitrogen and oxygen atoms in total. The molecule has 0 bridgehead atoms. The van der Waals surface area contributed by atoms with Gasteiger partial charge in [-0.3, -0.25) is 4.79 Å². The van der Waals surface area contributed by atoms with Gasteiger partial charge < -0.3 is 9.26 Å². The normalized spacial score (nSPS) is 11.1. The Morgan fingerprint density at radius 2 is 1.84 bits per heavy atom. The second-order valence-electron chi connectivity index (χ2n) is 6.79. The van der Waals surface area contributed by atoms with Gasteiger partial charge in [-0.15, -0.1) is 0 Å². The molecule has 5 aromatic rings. The summed E-state index contributed by atoms with van der Waals surface area (Å²) >= 11 is 0. The van der Waals surface area contributed by atoms with Crippen LogP contribution in [-0.4, -0.2) is 36.1 Å². The fraction of sp³-hybridized carbons (Fsp3) is 0.136. The van der Waals surface area contributed by atoms with Crippen LogP contribution in [0, 0.1) is 0 Å². The first kappa shape index (κ1) is 18.7. The van der Waals surface area contributed by atoms with E-state index >= 15 is 0 Å². The minimum absolute atomic E-state index is 0.0682. The summed E-state index contributed by atoms with van der Waals surface area (Å²) in [4.78, 5) is 17.3. The monoisotopic (exact) mass is 414 g/mol. The quantitative estimate of drug-likeness (QED) is 0.421. The van der Waals surface area contributed by atoms with E-state index in [2.05, 4.69) is 20.3 Å². The molecule has 2 aromatic carbocycles. The Kier molecular flexibility index (Phi) is 4.75. The van der Waals surface area contributed by atoms with Crippen molar-refractivity contribution in [1.29, 1.82) is 0 Å². The van der Waals surface area contributed by atoms with Crippen molar-refractivity contribution in [3.8, 4) is 28.4 Å². The van der Waals surface area contributed by atoms with E-state index in [1.54, 1.807) is 6.07 Å². The zero-order chi connectivity index (χ0) is 21.2. The van der Waals surface area contributed by atoms with Crippen molar-refractivity contribution in [2.75, 3.05) is 6.61 Å². The number of fused-ring (bicyclic) bond motifs is 1. The Morgan fingerprint density at radius 3 is 2.61 bits per heavy atom. The lowest BCUT2D eigenvalue weighted by Crippen LogP contribution is -2.25. The van der Waals surface area contributed by atoms with Crippen molar-refractivity contribution in [2.45, 2.75) is 13.5 Å². The van der Waals surface area contributed by atoms with E-state index in [9.17, 15) is 4.79 Å². The van der Waals surface area contributed by atoms with Gasteiger partial charge in [-0.25, -0.2) is 9.20 Å². The molecule has 0 spiro atoms. The summed E-state index contributed by atoms with van der Waals surface area (Å²) in [6.45, 7) is 2.61. The van der Waals surface area contributed by atoms with Gasteiger partial charge in [-0.05, 0) is 37.3 Å². The average molecular weight is 414 g/mol. The molecule has 3 heterocycles. The topological polar surface area (TPSA) is 100 Å². The molecule has 0 saturated carbocycles. The largest absolute Gasteiger partial charge is 0.494 e. The van der Waals surface area contributed by atoms with Gasteiger partial charge in [0.15, 0.2) is 0 Å². The van der Waals surface area contributed by atoms with Crippen molar-refractivity contribution in [3.63, 3.8) is 0 Å². The first-order chi connectivity index (χ1) is 15.2. The molecule has 0 aliphatic heterocycles. The predicted octanol–water partition coefficient (Wildman–Crippen LogP) is 3.06. The molecule has 0 fully saturated rings. The molecule has 0 saturated heterocycles. The van der Waals surface area contributed by atoms with Gasteiger partial charge in [0.1, 0.15) is 24.1 Å². The first-order valence-electron chi connectivity index (χ1n) is 9.78. The Hall–Kier alpha value is -4.27. The fourth-order valence-corrected chi connectivity index (χ4v) is 3.23. The summed E-state index contributed by atoms with van der Waals surface area (Å²) in [5.41, 5.74) is 2.49. The molecule has 0 radical (unpaired) electrons. The highest BCUT2D eigenvalue weighted by atomic mass is 16.5. The number of rotatable bonds is 6. The standard InChI is InChI=1S/C22H18N6O3/c1-2-30-17-10-8-15(9-11-17)18-12-19-22(29)27(23-14-28(19)25-18)13-20-24-21(26-31-20)16-6-4-3-5-7-16/h3-12,14H,2,13H2,1H3. The van der Waals surface area contributed by atoms with Crippen molar-refractivity contribution < 1.29 is 9.26 Å². The average Bonchev–Trinajstić information content (AvgIpc) is 3.45. The number of benzene rings is 2. The van der Waals surface area contributed by atoms with Crippen LogP contribution >= 0.6 is 0 Å². The summed E-state index contributed by atoms with van der Waals surface area (Å²) in [5, 5.41) is 12.6. The Labute approximate surface area is 176 Å². The zero-order valence-corrected chi connectivity index (χ0v) is 16.7. The minimum atomic E-state index is -0.299. The Balaban J connectivity index is 1.43. The zero-order valence-electron chi connectivity index (χ0n) is 16.7. The van der Waals surface area contributed by atoms with Crippen LogP contribution in [0.3, 0.4) is 0 Å². The number of ether oxygens (including phenoxy) is 1. The molecule has 9 heteroatoms. The smallest absolute Gasteiger partial charge is 0.293 e. The van der Waals surface area contributed by atoms with Gasteiger partial charge in [-0.1, -0.05) is 35.5 Å². The lowest BCUT2D eigenvalue weighted by Gasteiger charge is -2.02. The molecule has 154 valence electrons. The summed E-state index contributed by atoms with van der Waals surface area (Å²) in [6, 6.07) is 18.8. The number of hydrogen-bond donors (Lipinski definition) is 0. The highest BCUT2D eigenvalue weighted by Crippen LogP contribution is 2.22. The fourth-order valence-electron chi connectivity index (χ4n) is 3.23. The molecule has 0 unspecified atom stereocenters. The SMILES string of the molecule is CCOc1ccc(-c2cc3c(=O)n(Cc4nc(-c5ccccc5)no4)ncn3n2)cc1. The Bertz CT molecular complexity index is 1390. The number of aromatic nitrogens is 6. The van der Waals surface area contributed by atoms with Gasteiger partial charge >= 0.3 is 0 Å². The summed E-state index contributed by atoms with van der Waals surface area (Å²) in [5.74, 6) is 1.55. The van der Waals surface area contributed by atoms with Gasteiger partial charge in [0.25, 0.3) is 5.56 Å². The van der Waals surface area contributed by atoms with E-state index in [1.807, 2.05) is 61.5 Å². The third-order valence-electron chi connectivity index (χ3n) is 4.74. The maximum Gasteiger partial charge on any atom is 0.293 e. The van der Waals surface area contributed by atoms with Crippen LogP contribution in [0.25, 0.3) is 28.2 Å². The third kappa shape index (κ3) is 3.68. The number of hydrogen-bond acceptors (Lipinski definition) is 7. The van der Waals surface area contributed by atoms with Crippen LogP contribution < -0.4 is 10.3 Å². The molecular formula is C22H18N6O3.